The van der Waals surface area contributed by atoms with Crippen molar-refractivity contribution in [3.05, 3.63) is 30.1 Å². The maximum atomic E-state index is 12.0. The van der Waals surface area contributed by atoms with Crippen molar-refractivity contribution >= 4 is 0 Å². The van der Waals surface area contributed by atoms with Gasteiger partial charge in [0.25, 0.3) is 0 Å². The van der Waals surface area contributed by atoms with Crippen molar-refractivity contribution < 1.29 is 40.5 Å². The molecule has 0 amide bonds. The van der Waals surface area contributed by atoms with Crippen molar-refractivity contribution in [3.8, 4) is 5.75 Å². The number of aromatic hydroxyl groups is 1. The summed E-state index contributed by atoms with van der Waals surface area (Å²) < 4.78 is 12.0. The predicted molar refractivity (Wildman–Crippen MR) is 29.2 cm³/mol. The zero-order chi connectivity index (χ0) is 5.98. The van der Waals surface area contributed by atoms with E-state index >= 15 is 0 Å². The molecule has 9 heavy (non-hydrogen) atoms. The van der Waals surface area contributed by atoms with Crippen LogP contribution in [0.2, 0.25) is 0 Å². The van der Waals surface area contributed by atoms with E-state index < -0.39 is 0 Å². The van der Waals surface area contributed by atoms with Crippen LogP contribution in [-0.2, 0) is 0 Å². The Bertz CT molecular complexity index is 157. The Hall–Kier alpha value is -0.0500. The van der Waals surface area contributed by atoms with Gasteiger partial charge in [-0.3, -0.25) is 0 Å². The molecule has 0 bridgehead atoms. The van der Waals surface area contributed by atoms with Crippen molar-refractivity contribution in [3.63, 3.8) is 0 Å². The molecule has 0 heterocycles. The average Bonchev–Trinajstić information content (AvgIpc) is 1.77. The second kappa shape index (κ2) is 3.88. The third-order valence-corrected chi connectivity index (χ3v) is 0.827. The SMILES string of the molecule is Oc1ccc(F)cc1.[H-].[Na+]. The van der Waals surface area contributed by atoms with E-state index in [1.54, 1.807) is 0 Å². The van der Waals surface area contributed by atoms with Crippen LogP contribution in [0.1, 0.15) is 1.43 Å². The van der Waals surface area contributed by atoms with Crippen molar-refractivity contribution in [1.29, 1.82) is 0 Å². The Morgan fingerprint density at radius 1 is 1.22 bits per heavy atom. The molecule has 1 aromatic rings. The number of benzene rings is 1. The summed E-state index contributed by atoms with van der Waals surface area (Å²) in [6.45, 7) is 0. The van der Waals surface area contributed by atoms with Gasteiger partial charge in [-0.25, -0.2) is 4.39 Å². The summed E-state index contributed by atoms with van der Waals surface area (Å²) in [6.07, 6.45) is 0. The van der Waals surface area contributed by atoms with Crippen LogP contribution in [0.5, 0.6) is 5.75 Å². The maximum Gasteiger partial charge on any atom is 1.00 e. The van der Waals surface area contributed by atoms with Gasteiger partial charge in [-0.15, -0.1) is 0 Å². The number of hydrogen-bond donors (Lipinski definition) is 1. The van der Waals surface area contributed by atoms with E-state index in [0.29, 0.717) is 0 Å². The quantitative estimate of drug-likeness (QED) is 0.437. The van der Waals surface area contributed by atoms with E-state index in [2.05, 4.69) is 0 Å². The van der Waals surface area contributed by atoms with Gasteiger partial charge in [0.1, 0.15) is 11.6 Å². The number of phenols is 1. The second-order valence-electron chi connectivity index (χ2n) is 1.48. The molecule has 1 N–H and O–H groups in total. The first-order chi connectivity index (χ1) is 3.79. The number of hydrogen-bond acceptors (Lipinski definition) is 1. The van der Waals surface area contributed by atoms with Crippen LogP contribution in [0.25, 0.3) is 0 Å². The minimum atomic E-state index is -0.331. The molecule has 44 valence electrons. The molecule has 0 fully saturated rings. The molecule has 0 aliphatic carbocycles. The van der Waals surface area contributed by atoms with Gasteiger partial charge < -0.3 is 6.53 Å². The van der Waals surface area contributed by atoms with Gasteiger partial charge in [-0.2, -0.15) is 0 Å². The molecule has 1 aromatic carbocycles. The fourth-order valence-corrected chi connectivity index (χ4v) is 0.441. The van der Waals surface area contributed by atoms with Gasteiger partial charge >= 0.3 is 29.6 Å². The van der Waals surface area contributed by atoms with Crippen LogP contribution < -0.4 is 29.6 Å². The van der Waals surface area contributed by atoms with E-state index in [-0.39, 0.29) is 42.6 Å². The van der Waals surface area contributed by atoms with Crippen molar-refractivity contribution in [1.82, 2.24) is 0 Å². The van der Waals surface area contributed by atoms with Crippen LogP contribution in [-0.4, -0.2) is 5.11 Å². The molecule has 0 atom stereocenters. The van der Waals surface area contributed by atoms with Gasteiger partial charge in [0, 0.05) is 0 Å². The smallest absolute Gasteiger partial charge is 1.00 e. The number of rotatable bonds is 0. The monoisotopic (exact) mass is 136 g/mol. The summed E-state index contributed by atoms with van der Waals surface area (Å²) in [7, 11) is 0. The van der Waals surface area contributed by atoms with Crippen LogP contribution in [0, 0.1) is 5.82 Å². The first kappa shape index (κ1) is 8.95. The summed E-state index contributed by atoms with van der Waals surface area (Å²) in [5.41, 5.74) is 0. The summed E-state index contributed by atoms with van der Waals surface area (Å²) in [5, 5.41) is 8.59. The van der Waals surface area contributed by atoms with Crippen LogP contribution in [0.3, 0.4) is 0 Å². The Morgan fingerprint density at radius 2 is 1.67 bits per heavy atom. The van der Waals surface area contributed by atoms with Crippen LogP contribution in [0.4, 0.5) is 4.39 Å². The Balaban J connectivity index is 0. The van der Waals surface area contributed by atoms with Gasteiger partial charge in [-0.05, 0) is 24.3 Å². The predicted octanol–water partition coefficient (Wildman–Crippen LogP) is -1.35. The van der Waals surface area contributed by atoms with E-state index in [9.17, 15) is 4.39 Å². The molecular formula is C6H6FNaO. The van der Waals surface area contributed by atoms with E-state index in [0.717, 1.165) is 0 Å². The van der Waals surface area contributed by atoms with Gasteiger partial charge in [0.2, 0.25) is 0 Å². The van der Waals surface area contributed by atoms with E-state index in [1.807, 2.05) is 0 Å². The molecule has 0 aliphatic heterocycles. The summed E-state index contributed by atoms with van der Waals surface area (Å²) in [4.78, 5) is 0. The Morgan fingerprint density at radius 3 is 2.00 bits per heavy atom. The number of phenolic OH excluding ortho intramolecular Hbond substituents is 1. The Kier molecular flexibility index (Phi) is 3.86. The van der Waals surface area contributed by atoms with Crippen molar-refractivity contribution in [2.75, 3.05) is 0 Å². The Labute approximate surface area is 76.3 Å². The maximum absolute atomic E-state index is 12.0. The van der Waals surface area contributed by atoms with Crippen LogP contribution >= 0.6 is 0 Å². The fourth-order valence-electron chi connectivity index (χ4n) is 0.441. The van der Waals surface area contributed by atoms with Crippen molar-refractivity contribution in [2.45, 2.75) is 0 Å². The molecule has 0 unspecified atom stereocenters. The van der Waals surface area contributed by atoms with E-state index in [1.165, 1.54) is 24.3 Å². The zero-order valence-corrected chi connectivity index (χ0v) is 7.13. The summed E-state index contributed by atoms with van der Waals surface area (Å²) >= 11 is 0. The molecule has 1 nitrogen and oxygen atoms in total. The first-order valence-corrected chi connectivity index (χ1v) is 2.23. The molecule has 3 heteroatoms. The summed E-state index contributed by atoms with van der Waals surface area (Å²) in [6, 6.07) is 5.01. The second-order valence-corrected chi connectivity index (χ2v) is 1.48. The van der Waals surface area contributed by atoms with Gasteiger partial charge in [0.05, 0.1) is 0 Å². The third-order valence-electron chi connectivity index (χ3n) is 0.827. The minimum Gasteiger partial charge on any atom is -1.00 e. The van der Waals surface area contributed by atoms with E-state index in [4.69, 9.17) is 5.11 Å². The average molecular weight is 136 g/mol. The standard InChI is InChI=1S/C6H5FO.Na.H/c7-5-1-3-6(8)4-2-5;;/h1-4,8H;;/q;+1;-1. The minimum absolute atomic E-state index is 0. The summed E-state index contributed by atoms with van der Waals surface area (Å²) in [5.74, 6) is -0.241. The normalized spacial score (nSPS) is 8.11. The molecule has 0 aliphatic rings. The molecule has 0 aromatic heterocycles. The van der Waals surface area contributed by atoms with Crippen molar-refractivity contribution in [2.24, 2.45) is 0 Å². The zero-order valence-electron chi connectivity index (χ0n) is 6.13. The molecule has 0 saturated heterocycles. The molecule has 0 radical (unpaired) electrons. The molecule has 1 rings (SSSR count). The van der Waals surface area contributed by atoms with Gasteiger partial charge in [-0.1, -0.05) is 0 Å². The third kappa shape index (κ3) is 2.84. The molecule has 0 saturated carbocycles. The fraction of sp³-hybridized carbons (Fsp3) is 0. The molecule has 0 spiro atoms. The topological polar surface area (TPSA) is 20.2 Å². The number of halogens is 1. The molecular weight excluding hydrogens is 130 g/mol. The first-order valence-electron chi connectivity index (χ1n) is 2.23. The van der Waals surface area contributed by atoms with Crippen LogP contribution in [0.15, 0.2) is 24.3 Å². The largest absolute Gasteiger partial charge is 1.00 e. The van der Waals surface area contributed by atoms with Gasteiger partial charge in [0.15, 0.2) is 0 Å².